The van der Waals surface area contributed by atoms with Crippen LogP contribution in [0.5, 0.6) is 0 Å². The largest absolute Gasteiger partial charge is 0.335 e. The Morgan fingerprint density at radius 1 is 1.19 bits per heavy atom. The molecule has 1 fully saturated rings. The first-order valence-electron chi connectivity index (χ1n) is 7.27. The summed E-state index contributed by atoms with van der Waals surface area (Å²) in [6.45, 7) is 7.72. The van der Waals surface area contributed by atoms with Crippen LogP contribution in [0.3, 0.4) is 0 Å². The van der Waals surface area contributed by atoms with Gasteiger partial charge >= 0.3 is 0 Å². The van der Waals surface area contributed by atoms with Crippen LogP contribution in [0.15, 0.2) is 24.3 Å². The summed E-state index contributed by atoms with van der Waals surface area (Å²) >= 11 is 1.44. The number of nitrogens with zero attached hydrogens (tertiary/aromatic N) is 2. The number of amides is 1. The third-order valence-electron chi connectivity index (χ3n) is 4.02. The van der Waals surface area contributed by atoms with E-state index in [1.807, 2.05) is 4.90 Å². The molecule has 0 spiro atoms. The van der Waals surface area contributed by atoms with Crippen molar-refractivity contribution in [2.45, 2.75) is 19.9 Å². The Kier molecular flexibility index (Phi) is 3.95. The zero-order valence-corrected chi connectivity index (χ0v) is 13.1. The van der Waals surface area contributed by atoms with Crippen molar-refractivity contribution in [2.24, 2.45) is 0 Å². The SMILES string of the molecule is CC(C)N1CCN(C(=O)c2cc3cc(F)ccc3s2)CC1. The van der Waals surface area contributed by atoms with Gasteiger partial charge in [0, 0.05) is 36.9 Å². The highest BCUT2D eigenvalue weighted by atomic mass is 32.1. The van der Waals surface area contributed by atoms with Crippen molar-refractivity contribution in [3.8, 4) is 0 Å². The Morgan fingerprint density at radius 3 is 2.57 bits per heavy atom. The van der Waals surface area contributed by atoms with Gasteiger partial charge in [-0.25, -0.2) is 4.39 Å². The van der Waals surface area contributed by atoms with E-state index in [1.165, 1.54) is 23.5 Å². The lowest BCUT2D eigenvalue weighted by Gasteiger charge is -2.36. The number of rotatable bonds is 2. The first-order chi connectivity index (χ1) is 10.0. The molecule has 1 aliphatic heterocycles. The first-order valence-corrected chi connectivity index (χ1v) is 8.08. The van der Waals surface area contributed by atoms with E-state index in [2.05, 4.69) is 18.7 Å². The summed E-state index contributed by atoms with van der Waals surface area (Å²) in [5.74, 6) is -0.190. The van der Waals surface area contributed by atoms with Crippen LogP contribution in [0.25, 0.3) is 10.1 Å². The Morgan fingerprint density at radius 2 is 1.90 bits per heavy atom. The minimum absolute atomic E-state index is 0.0695. The second kappa shape index (κ2) is 5.73. The van der Waals surface area contributed by atoms with Crippen LogP contribution in [-0.2, 0) is 0 Å². The number of carbonyl (C=O) groups is 1. The van der Waals surface area contributed by atoms with E-state index in [-0.39, 0.29) is 11.7 Å². The molecule has 2 heterocycles. The molecule has 0 aliphatic carbocycles. The summed E-state index contributed by atoms with van der Waals surface area (Å²) in [6.07, 6.45) is 0. The Bertz CT molecular complexity index is 659. The van der Waals surface area contributed by atoms with Gasteiger partial charge in [-0.2, -0.15) is 0 Å². The second-order valence-electron chi connectivity index (χ2n) is 5.71. The van der Waals surface area contributed by atoms with Crippen LogP contribution < -0.4 is 0 Å². The molecular formula is C16H19FN2OS. The number of benzene rings is 1. The smallest absolute Gasteiger partial charge is 0.264 e. The molecule has 0 bridgehead atoms. The Hall–Kier alpha value is -1.46. The van der Waals surface area contributed by atoms with Crippen molar-refractivity contribution < 1.29 is 9.18 Å². The molecule has 1 aromatic carbocycles. The van der Waals surface area contributed by atoms with E-state index in [0.29, 0.717) is 10.9 Å². The van der Waals surface area contributed by atoms with Crippen LogP contribution in [0.1, 0.15) is 23.5 Å². The van der Waals surface area contributed by atoms with Gasteiger partial charge in [0.25, 0.3) is 5.91 Å². The van der Waals surface area contributed by atoms with E-state index in [0.717, 1.165) is 36.3 Å². The molecule has 21 heavy (non-hydrogen) atoms. The van der Waals surface area contributed by atoms with E-state index in [4.69, 9.17) is 0 Å². The Balaban J connectivity index is 1.75. The van der Waals surface area contributed by atoms with Crippen LogP contribution in [-0.4, -0.2) is 47.9 Å². The molecular weight excluding hydrogens is 287 g/mol. The summed E-state index contributed by atoms with van der Waals surface area (Å²) in [5, 5.41) is 0.809. The minimum Gasteiger partial charge on any atom is -0.335 e. The molecule has 3 nitrogen and oxygen atoms in total. The number of hydrogen-bond acceptors (Lipinski definition) is 3. The lowest BCUT2D eigenvalue weighted by Crippen LogP contribution is -2.50. The third kappa shape index (κ3) is 2.94. The predicted molar refractivity (Wildman–Crippen MR) is 84.4 cm³/mol. The molecule has 0 N–H and O–H groups in total. The Labute approximate surface area is 128 Å². The molecule has 2 aromatic rings. The maximum atomic E-state index is 13.2. The van der Waals surface area contributed by atoms with Crippen LogP contribution in [0.2, 0.25) is 0 Å². The van der Waals surface area contributed by atoms with E-state index in [1.54, 1.807) is 12.1 Å². The molecule has 0 atom stereocenters. The predicted octanol–water partition coefficient (Wildman–Crippen LogP) is 3.21. The normalized spacial score (nSPS) is 16.9. The van der Waals surface area contributed by atoms with Gasteiger partial charge in [0.2, 0.25) is 0 Å². The molecule has 1 saturated heterocycles. The zero-order chi connectivity index (χ0) is 15.0. The average molecular weight is 306 g/mol. The maximum absolute atomic E-state index is 13.2. The summed E-state index contributed by atoms with van der Waals surface area (Å²) in [7, 11) is 0. The van der Waals surface area contributed by atoms with Gasteiger partial charge in [-0.1, -0.05) is 0 Å². The monoisotopic (exact) mass is 306 g/mol. The second-order valence-corrected chi connectivity index (χ2v) is 6.80. The number of fused-ring (bicyclic) bond motifs is 1. The van der Waals surface area contributed by atoms with Crippen LogP contribution >= 0.6 is 11.3 Å². The van der Waals surface area contributed by atoms with Crippen molar-refractivity contribution >= 4 is 27.3 Å². The lowest BCUT2D eigenvalue weighted by molar-refractivity contribution is 0.0600. The van der Waals surface area contributed by atoms with Gasteiger partial charge in [-0.05, 0) is 43.5 Å². The molecule has 0 saturated carbocycles. The first kappa shape index (κ1) is 14.5. The van der Waals surface area contributed by atoms with E-state index >= 15 is 0 Å². The van der Waals surface area contributed by atoms with Crippen LogP contribution in [0.4, 0.5) is 4.39 Å². The van der Waals surface area contributed by atoms with Crippen molar-refractivity contribution in [3.05, 3.63) is 35.0 Å². The average Bonchev–Trinajstić information content (AvgIpc) is 2.89. The van der Waals surface area contributed by atoms with Crippen molar-refractivity contribution in [2.75, 3.05) is 26.2 Å². The number of halogens is 1. The highest BCUT2D eigenvalue weighted by Crippen LogP contribution is 2.27. The van der Waals surface area contributed by atoms with Crippen molar-refractivity contribution in [3.63, 3.8) is 0 Å². The molecule has 3 rings (SSSR count). The van der Waals surface area contributed by atoms with Gasteiger partial charge in [0.1, 0.15) is 5.82 Å². The van der Waals surface area contributed by atoms with Gasteiger partial charge in [0.05, 0.1) is 4.88 Å². The number of carbonyl (C=O) groups excluding carboxylic acids is 1. The number of piperazine rings is 1. The fourth-order valence-corrected chi connectivity index (χ4v) is 3.73. The number of thiophene rings is 1. The molecule has 1 amide bonds. The van der Waals surface area contributed by atoms with E-state index in [9.17, 15) is 9.18 Å². The molecule has 1 aliphatic rings. The topological polar surface area (TPSA) is 23.6 Å². The van der Waals surface area contributed by atoms with Gasteiger partial charge in [0.15, 0.2) is 0 Å². The fraction of sp³-hybridized carbons (Fsp3) is 0.438. The maximum Gasteiger partial charge on any atom is 0.264 e. The lowest BCUT2D eigenvalue weighted by atomic mass is 10.2. The summed E-state index contributed by atoms with van der Waals surface area (Å²) in [6, 6.07) is 6.99. The number of hydrogen-bond donors (Lipinski definition) is 0. The fourth-order valence-electron chi connectivity index (χ4n) is 2.72. The summed E-state index contributed by atoms with van der Waals surface area (Å²) in [4.78, 5) is 17.5. The zero-order valence-electron chi connectivity index (χ0n) is 12.3. The van der Waals surface area contributed by atoms with Gasteiger partial charge in [-0.15, -0.1) is 11.3 Å². The molecule has 1 aromatic heterocycles. The molecule has 5 heteroatoms. The molecule has 0 radical (unpaired) electrons. The summed E-state index contributed by atoms with van der Waals surface area (Å²) in [5.41, 5.74) is 0. The third-order valence-corrected chi connectivity index (χ3v) is 5.12. The molecule has 0 unspecified atom stereocenters. The van der Waals surface area contributed by atoms with Crippen molar-refractivity contribution in [1.82, 2.24) is 9.80 Å². The molecule has 112 valence electrons. The standard InChI is InChI=1S/C16H19FN2OS/c1-11(2)18-5-7-19(8-6-18)16(20)15-10-12-9-13(17)3-4-14(12)21-15/h3-4,9-11H,5-8H2,1-2H3. The highest BCUT2D eigenvalue weighted by molar-refractivity contribution is 7.20. The van der Waals surface area contributed by atoms with Gasteiger partial charge in [-0.3, -0.25) is 9.69 Å². The highest BCUT2D eigenvalue weighted by Gasteiger charge is 2.24. The van der Waals surface area contributed by atoms with Gasteiger partial charge < -0.3 is 4.90 Å². The minimum atomic E-state index is -0.259. The van der Waals surface area contributed by atoms with E-state index < -0.39 is 0 Å². The van der Waals surface area contributed by atoms with Crippen molar-refractivity contribution in [1.29, 1.82) is 0 Å². The summed E-state index contributed by atoms with van der Waals surface area (Å²) < 4.78 is 14.2. The quantitative estimate of drug-likeness (QED) is 0.850. The van der Waals surface area contributed by atoms with Crippen LogP contribution in [0, 0.1) is 5.82 Å².